The van der Waals surface area contributed by atoms with Crippen LogP contribution in [0.3, 0.4) is 0 Å². The summed E-state index contributed by atoms with van der Waals surface area (Å²) in [5.74, 6) is -0.451. The third-order valence-corrected chi connectivity index (χ3v) is 3.78. The van der Waals surface area contributed by atoms with E-state index in [4.69, 9.17) is 4.74 Å². The Hall–Kier alpha value is -2.35. The second kappa shape index (κ2) is 5.96. The van der Waals surface area contributed by atoms with E-state index in [9.17, 15) is 13.2 Å². The van der Waals surface area contributed by atoms with E-state index in [0.717, 1.165) is 0 Å². The van der Waals surface area contributed by atoms with Crippen LogP contribution in [0.5, 0.6) is 0 Å². The number of anilines is 1. The summed E-state index contributed by atoms with van der Waals surface area (Å²) in [5, 5.41) is -0.0363. The highest BCUT2D eigenvalue weighted by Gasteiger charge is 2.16. The van der Waals surface area contributed by atoms with Gasteiger partial charge in [0.2, 0.25) is 0 Å². The van der Waals surface area contributed by atoms with Crippen LogP contribution < -0.4 is 4.72 Å². The summed E-state index contributed by atoms with van der Waals surface area (Å²) in [6, 6.07) is 5.97. The van der Waals surface area contributed by atoms with E-state index in [1.807, 2.05) is 0 Å². The summed E-state index contributed by atoms with van der Waals surface area (Å²) in [6.45, 7) is 3.51. The first-order valence-corrected chi connectivity index (χ1v) is 7.69. The van der Waals surface area contributed by atoms with E-state index in [0.29, 0.717) is 11.3 Å². The number of ether oxygens (including phenoxy) is 1. The number of H-pyrrole nitrogens is 1. The lowest BCUT2D eigenvalue weighted by Crippen LogP contribution is -2.14. The molecule has 0 aliphatic heterocycles. The normalized spacial score (nSPS) is 11.4. The molecule has 0 spiro atoms. The van der Waals surface area contributed by atoms with Crippen molar-refractivity contribution in [3.05, 3.63) is 42.4 Å². The standard InChI is InChI=1S/C13H15N3O4S/c1-9(2)20-13(17)10-3-5-11(6-4-10)16-21(18,19)12-7-14-8-15-12/h3-9,16H,1-2H3,(H,14,15). The average Bonchev–Trinajstić information content (AvgIpc) is 2.93. The molecule has 2 rings (SSSR count). The second-order valence-corrected chi connectivity index (χ2v) is 6.20. The molecular formula is C13H15N3O4S. The number of aromatic nitrogens is 2. The highest BCUT2D eigenvalue weighted by atomic mass is 32.2. The molecule has 2 N–H and O–H groups in total. The van der Waals surface area contributed by atoms with Crippen molar-refractivity contribution in [2.24, 2.45) is 0 Å². The van der Waals surface area contributed by atoms with E-state index >= 15 is 0 Å². The monoisotopic (exact) mass is 309 g/mol. The number of nitrogens with one attached hydrogen (secondary N) is 2. The van der Waals surface area contributed by atoms with E-state index in [2.05, 4.69) is 14.7 Å². The molecule has 0 fully saturated rings. The van der Waals surface area contributed by atoms with Gasteiger partial charge in [-0.05, 0) is 38.1 Å². The van der Waals surface area contributed by atoms with Crippen molar-refractivity contribution in [2.75, 3.05) is 4.72 Å². The zero-order valence-electron chi connectivity index (χ0n) is 11.5. The zero-order valence-corrected chi connectivity index (χ0v) is 12.3. The smallest absolute Gasteiger partial charge is 0.338 e. The van der Waals surface area contributed by atoms with Gasteiger partial charge in [-0.2, -0.15) is 8.42 Å². The van der Waals surface area contributed by atoms with Crippen LogP contribution in [0, 0.1) is 0 Å². The van der Waals surface area contributed by atoms with Crippen LogP contribution in [0.1, 0.15) is 24.2 Å². The van der Waals surface area contributed by atoms with Gasteiger partial charge in [-0.15, -0.1) is 0 Å². The Kier molecular flexibility index (Phi) is 4.27. The van der Waals surface area contributed by atoms with Crippen molar-refractivity contribution in [3.63, 3.8) is 0 Å². The van der Waals surface area contributed by atoms with Crippen LogP contribution >= 0.6 is 0 Å². The molecule has 0 saturated heterocycles. The Morgan fingerprint density at radius 2 is 1.95 bits per heavy atom. The lowest BCUT2D eigenvalue weighted by molar-refractivity contribution is 0.0378. The summed E-state index contributed by atoms with van der Waals surface area (Å²) in [4.78, 5) is 17.8. The molecule has 112 valence electrons. The Bertz CT molecular complexity index is 706. The highest BCUT2D eigenvalue weighted by molar-refractivity contribution is 7.92. The molecule has 2 aromatic rings. The predicted octanol–water partition coefficient (Wildman–Crippen LogP) is 1.78. The molecule has 0 saturated carbocycles. The van der Waals surface area contributed by atoms with Crippen molar-refractivity contribution in [1.29, 1.82) is 0 Å². The molecule has 0 atom stereocenters. The first-order chi connectivity index (χ1) is 9.88. The summed E-state index contributed by atoms with van der Waals surface area (Å²) in [6.07, 6.45) is 2.27. The van der Waals surface area contributed by atoms with Gasteiger partial charge in [0.15, 0.2) is 5.03 Å². The fraction of sp³-hybridized carbons (Fsp3) is 0.231. The molecule has 0 radical (unpaired) electrons. The van der Waals surface area contributed by atoms with Gasteiger partial charge in [0.05, 0.1) is 24.2 Å². The van der Waals surface area contributed by atoms with Crippen molar-refractivity contribution >= 4 is 21.7 Å². The van der Waals surface area contributed by atoms with Gasteiger partial charge in [-0.1, -0.05) is 0 Å². The average molecular weight is 309 g/mol. The number of hydrogen-bond donors (Lipinski definition) is 2. The van der Waals surface area contributed by atoms with Crippen LogP contribution in [-0.4, -0.2) is 30.5 Å². The van der Waals surface area contributed by atoms with Crippen molar-refractivity contribution in [2.45, 2.75) is 25.0 Å². The SMILES string of the molecule is CC(C)OC(=O)c1ccc(NS(=O)(=O)c2cnc[nH]2)cc1. The molecule has 1 aromatic carbocycles. The molecule has 0 bridgehead atoms. The number of imidazole rings is 1. The van der Waals surface area contributed by atoms with Crippen molar-refractivity contribution < 1.29 is 17.9 Å². The number of nitrogens with zero attached hydrogens (tertiary/aromatic N) is 1. The summed E-state index contributed by atoms with van der Waals surface area (Å²) < 4.78 is 31.3. The van der Waals surface area contributed by atoms with E-state index < -0.39 is 16.0 Å². The summed E-state index contributed by atoms with van der Waals surface area (Å²) >= 11 is 0. The Morgan fingerprint density at radius 1 is 1.29 bits per heavy atom. The number of sulfonamides is 1. The quantitative estimate of drug-likeness (QED) is 0.820. The lowest BCUT2D eigenvalue weighted by atomic mass is 10.2. The molecule has 7 nitrogen and oxygen atoms in total. The Labute approximate surface area is 122 Å². The molecule has 1 aromatic heterocycles. The molecule has 1 heterocycles. The van der Waals surface area contributed by atoms with Gasteiger partial charge in [-0.25, -0.2) is 9.78 Å². The number of benzene rings is 1. The minimum atomic E-state index is -3.71. The van der Waals surface area contributed by atoms with Gasteiger partial charge in [-0.3, -0.25) is 4.72 Å². The van der Waals surface area contributed by atoms with Gasteiger partial charge < -0.3 is 9.72 Å². The minimum absolute atomic E-state index is 0.0363. The predicted molar refractivity (Wildman–Crippen MR) is 76.4 cm³/mol. The second-order valence-electron chi connectivity index (χ2n) is 4.55. The van der Waals surface area contributed by atoms with Crippen molar-refractivity contribution in [3.8, 4) is 0 Å². The van der Waals surface area contributed by atoms with Gasteiger partial charge in [0, 0.05) is 5.69 Å². The largest absolute Gasteiger partial charge is 0.459 e. The zero-order chi connectivity index (χ0) is 15.5. The first-order valence-electron chi connectivity index (χ1n) is 6.21. The van der Waals surface area contributed by atoms with Crippen LogP contribution in [0.25, 0.3) is 0 Å². The van der Waals surface area contributed by atoms with E-state index in [1.165, 1.54) is 36.8 Å². The molecule has 0 amide bonds. The van der Waals surface area contributed by atoms with Crippen LogP contribution in [-0.2, 0) is 14.8 Å². The van der Waals surface area contributed by atoms with Gasteiger partial charge in [0.25, 0.3) is 10.0 Å². The molecule has 0 unspecified atom stereocenters. The van der Waals surface area contributed by atoms with Gasteiger partial charge in [0.1, 0.15) is 0 Å². The topological polar surface area (TPSA) is 101 Å². The van der Waals surface area contributed by atoms with Crippen LogP contribution in [0.15, 0.2) is 41.8 Å². The highest BCUT2D eigenvalue weighted by Crippen LogP contribution is 2.15. The fourth-order valence-corrected chi connectivity index (χ4v) is 2.52. The molecule has 21 heavy (non-hydrogen) atoms. The molecular weight excluding hydrogens is 294 g/mol. The fourth-order valence-electron chi connectivity index (χ4n) is 1.56. The lowest BCUT2D eigenvalue weighted by Gasteiger charge is -2.09. The van der Waals surface area contributed by atoms with Crippen molar-refractivity contribution in [1.82, 2.24) is 9.97 Å². The number of carbonyl (C=O) groups excluding carboxylic acids is 1. The minimum Gasteiger partial charge on any atom is -0.459 e. The maximum absolute atomic E-state index is 12.0. The van der Waals surface area contributed by atoms with E-state index in [1.54, 1.807) is 13.8 Å². The maximum atomic E-state index is 12.0. The number of carbonyl (C=O) groups is 1. The number of esters is 1. The molecule has 0 aliphatic carbocycles. The van der Waals surface area contributed by atoms with Crippen LogP contribution in [0.4, 0.5) is 5.69 Å². The van der Waals surface area contributed by atoms with E-state index in [-0.39, 0.29) is 11.1 Å². The Morgan fingerprint density at radius 3 is 2.48 bits per heavy atom. The summed E-state index contributed by atoms with van der Waals surface area (Å²) in [5.41, 5.74) is 0.693. The number of rotatable bonds is 5. The van der Waals surface area contributed by atoms with Gasteiger partial charge >= 0.3 is 5.97 Å². The molecule has 8 heteroatoms. The third-order valence-electron chi connectivity index (χ3n) is 2.48. The number of hydrogen-bond acceptors (Lipinski definition) is 5. The number of aromatic amines is 1. The third kappa shape index (κ3) is 3.82. The Balaban J connectivity index is 2.11. The van der Waals surface area contributed by atoms with Crippen LogP contribution in [0.2, 0.25) is 0 Å². The summed E-state index contributed by atoms with van der Waals surface area (Å²) in [7, 11) is -3.71. The first kappa shape index (κ1) is 15.0. The maximum Gasteiger partial charge on any atom is 0.338 e. The molecule has 0 aliphatic rings.